The molecule has 0 bridgehead atoms. The number of rotatable bonds is 3. The van der Waals surface area contributed by atoms with Crippen LogP contribution in [0, 0.1) is 5.92 Å². The molecule has 1 saturated heterocycles. The Morgan fingerprint density at radius 3 is 2.88 bits per heavy atom. The van der Waals surface area contributed by atoms with Crippen molar-refractivity contribution >= 4 is 0 Å². The van der Waals surface area contributed by atoms with Gasteiger partial charge in [0.1, 0.15) is 0 Å². The molecule has 0 radical (unpaired) electrons. The van der Waals surface area contributed by atoms with Crippen molar-refractivity contribution in [3.63, 3.8) is 0 Å². The lowest BCUT2D eigenvalue weighted by Crippen LogP contribution is -2.40. The molecule has 1 N–H and O–H groups in total. The third kappa shape index (κ3) is 2.92. The Balaban J connectivity index is 2.13. The second kappa shape index (κ2) is 6.01. The summed E-state index contributed by atoms with van der Waals surface area (Å²) in [6.07, 6.45) is 11.6. The largest absolute Gasteiger partial charge is 0.385 e. The maximum absolute atomic E-state index is 11.0. The fourth-order valence-corrected chi connectivity index (χ4v) is 3.27. The molecular weight excluding hydrogens is 212 g/mol. The molecule has 0 aromatic carbocycles. The number of hydrogen-bond acceptors (Lipinski definition) is 2. The van der Waals surface area contributed by atoms with E-state index in [9.17, 15) is 5.11 Å². The molecule has 0 amide bonds. The van der Waals surface area contributed by atoms with Crippen LogP contribution in [0.25, 0.3) is 0 Å². The van der Waals surface area contributed by atoms with Gasteiger partial charge in [-0.25, -0.2) is 0 Å². The average molecular weight is 238 g/mol. The number of hydrogen-bond donors (Lipinski definition) is 1. The predicted octanol–water partition coefficient (Wildman–Crippen LogP) is 3.44. The van der Waals surface area contributed by atoms with E-state index in [0.717, 1.165) is 38.9 Å². The molecule has 2 nitrogen and oxygen atoms in total. The summed E-state index contributed by atoms with van der Waals surface area (Å²) in [5.74, 6) is 0.318. The number of aliphatic hydroxyl groups is 1. The van der Waals surface area contributed by atoms with E-state index in [1.165, 1.54) is 31.3 Å². The zero-order valence-corrected chi connectivity index (χ0v) is 11.1. The summed E-state index contributed by atoms with van der Waals surface area (Å²) < 4.78 is 5.46. The molecule has 0 aromatic rings. The Bertz CT molecular complexity index is 266. The lowest BCUT2D eigenvalue weighted by atomic mass is 9.75. The van der Waals surface area contributed by atoms with Crippen LogP contribution in [0.4, 0.5) is 0 Å². The van der Waals surface area contributed by atoms with E-state index in [0.29, 0.717) is 5.92 Å². The third-order valence-electron chi connectivity index (χ3n) is 4.49. The van der Waals surface area contributed by atoms with Crippen LogP contribution in [-0.4, -0.2) is 23.9 Å². The van der Waals surface area contributed by atoms with Gasteiger partial charge in [-0.05, 0) is 44.1 Å². The molecule has 1 aliphatic carbocycles. The Morgan fingerprint density at radius 1 is 1.35 bits per heavy atom. The molecule has 98 valence electrons. The van der Waals surface area contributed by atoms with Crippen LogP contribution >= 0.6 is 0 Å². The van der Waals surface area contributed by atoms with Crippen LogP contribution in [0.1, 0.15) is 58.3 Å². The fraction of sp³-hybridized carbons (Fsp3) is 0.867. The lowest BCUT2D eigenvalue weighted by Gasteiger charge is -2.36. The minimum absolute atomic E-state index is 0.318. The molecule has 2 atom stereocenters. The zero-order chi connectivity index (χ0) is 12.1. The van der Waals surface area contributed by atoms with Gasteiger partial charge in [0.05, 0.1) is 12.2 Å². The van der Waals surface area contributed by atoms with Crippen molar-refractivity contribution in [2.45, 2.75) is 63.9 Å². The first kappa shape index (κ1) is 13.1. The molecule has 2 aliphatic rings. The van der Waals surface area contributed by atoms with Crippen LogP contribution in [0.2, 0.25) is 0 Å². The number of ether oxygens (including phenoxy) is 1. The second-order valence-electron chi connectivity index (χ2n) is 5.52. The minimum atomic E-state index is -0.589. The van der Waals surface area contributed by atoms with Crippen molar-refractivity contribution < 1.29 is 9.84 Å². The monoisotopic (exact) mass is 238 g/mol. The summed E-state index contributed by atoms with van der Waals surface area (Å²) >= 11 is 0. The highest BCUT2D eigenvalue weighted by Crippen LogP contribution is 2.38. The van der Waals surface area contributed by atoms with Crippen molar-refractivity contribution in [3.05, 3.63) is 11.6 Å². The van der Waals surface area contributed by atoms with Crippen molar-refractivity contribution in [3.8, 4) is 0 Å². The average Bonchev–Trinajstić information content (AvgIpc) is 2.81. The van der Waals surface area contributed by atoms with Crippen molar-refractivity contribution in [2.75, 3.05) is 13.2 Å². The molecular formula is C15H26O2. The Morgan fingerprint density at radius 2 is 2.18 bits per heavy atom. The Hall–Kier alpha value is -0.340. The zero-order valence-electron chi connectivity index (χ0n) is 11.1. The van der Waals surface area contributed by atoms with E-state index >= 15 is 0 Å². The number of allylic oxidation sites excluding steroid dienone is 1. The van der Waals surface area contributed by atoms with E-state index in [1.54, 1.807) is 0 Å². The summed E-state index contributed by atoms with van der Waals surface area (Å²) in [6, 6.07) is 0. The molecule has 2 unspecified atom stereocenters. The highest BCUT2D eigenvalue weighted by Gasteiger charge is 2.40. The van der Waals surface area contributed by atoms with Crippen molar-refractivity contribution in [1.82, 2.24) is 0 Å². The Kier molecular flexibility index (Phi) is 4.63. The fourth-order valence-electron chi connectivity index (χ4n) is 3.27. The molecule has 2 rings (SSSR count). The lowest BCUT2D eigenvalue weighted by molar-refractivity contribution is 0.00448. The quantitative estimate of drug-likeness (QED) is 0.763. The predicted molar refractivity (Wildman–Crippen MR) is 70.0 cm³/mol. The summed E-state index contributed by atoms with van der Waals surface area (Å²) in [5.41, 5.74) is 0.712. The van der Waals surface area contributed by atoms with Crippen LogP contribution in [0.3, 0.4) is 0 Å². The molecule has 0 spiro atoms. The smallest absolute Gasteiger partial charge is 0.0904 e. The highest BCUT2D eigenvalue weighted by molar-refractivity contribution is 5.19. The van der Waals surface area contributed by atoms with Gasteiger partial charge in [0.2, 0.25) is 0 Å². The van der Waals surface area contributed by atoms with Gasteiger partial charge >= 0.3 is 0 Å². The Labute approximate surface area is 105 Å². The molecule has 1 fully saturated rings. The molecule has 1 heterocycles. The molecule has 0 saturated carbocycles. The topological polar surface area (TPSA) is 29.5 Å². The second-order valence-corrected chi connectivity index (χ2v) is 5.52. The van der Waals surface area contributed by atoms with Crippen LogP contribution < -0.4 is 0 Å². The van der Waals surface area contributed by atoms with Crippen LogP contribution in [0.5, 0.6) is 0 Å². The van der Waals surface area contributed by atoms with Crippen LogP contribution in [-0.2, 0) is 4.74 Å². The van der Waals surface area contributed by atoms with Gasteiger partial charge in [-0.15, -0.1) is 0 Å². The van der Waals surface area contributed by atoms with E-state index in [1.807, 2.05) is 0 Å². The van der Waals surface area contributed by atoms with Gasteiger partial charge in [-0.2, -0.15) is 0 Å². The first-order valence-corrected chi connectivity index (χ1v) is 7.27. The van der Waals surface area contributed by atoms with Gasteiger partial charge in [-0.3, -0.25) is 0 Å². The normalized spacial score (nSPS) is 30.2. The SMILES string of the molecule is CCC(O)(C1=CCCCCCC1)C1CCOC1. The highest BCUT2D eigenvalue weighted by atomic mass is 16.5. The van der Waals surface area contributed by atoms with Crippen LogP contribution in [0.15, 0.2) is 11.6 Å². The van der Waals surface area contributed by atoms with Gasteiger partial charge in [0.15, 0.2) is 0 Å². The van der Waals surface area contributed by atoms with E-state index in [4.69, 9.17) is 4.74 Å². The summed E-state index contributed by atoms with van der Waals surface area (Å²) in [6.45, 7) is 3.67. The van der Waals surface area contributed by atoms with E-state index < -0.39 is 5.60 Å². The molecule has 2 heteroatoms. The van der Waals surface area contributed by atoms with E-state index in [2.05, 4.69) is 13.0 Å². The van der Waals surface area contributed by atoms with E-state index in [-0.39, 0.29) is 0 Å². The van der Waals surface area contributed by atoms with Crippen molar-refractivity contribution in [1.29, 1.82) is 0 Å². The van der Waals surface area contributed by atoms with Gasteiger partial charge in [0, 0.05) is 12.5 Å². The van der Waals surface area contributed by atoms with Gasteiger partial charge in [-0.1, -0.05) is 25.8 Å². The first-order chi connectivity index (χ1) is 8.27. The summed E-state index contributed by atoms with van der Waals surface area (Å²) in [5, 5.41) is 11.0. The summed E-state index contributed by atoms with van der Waals surface area (Å²) in [7, 11) is 0. The van der Waals surface area contributed by atoms with Gasteiger partial charge in [0.25, 0.3) is 0 Å². The van der Waals surface area contributed by atoms with Gasteiger partial charge < -0.3 is 9.84 Å². The maximum atomic E-state index is 11.0. The molecule has 0 aromatic heterocycles. The third-order valence-corrected chi connectivity index (χ3v) is 4.49. The standard InChI is InChI=1S/C15H26O2/c1-2-15(16,14-10-11-17-12-14)13-8-6-4-3-5-7-9-13/h8,14,16H,2-7,9-12H2,1H3. The molecule has 17 heavy (non-hydrogen) atoms. The maximum Gasteiger partial charge on any atom is 0.0904 e. The minimum Gasteiger partial charge on any atom is -0.385 e. The first-order valence-electron chi connectivity index (χ1n) is 7.27. The van der Waals surface area contributed by atoms with Crippen molar-refractivity contribution in [2.24, 2.45) is 5.92 Å². The molecule has 1 aliphatic heterocycles. The summed E-state index contributed by atoms with van der Waals surface area (Å²) in [4.78, 5) is 0.